The molecule has 0 aromatic heterocycles. The van der Waals surface area contributed by atoms with E-state index in [0.29, 0.717) is 17.0 Å². The number of benzene rings is 1. The Labute approximate surface area is 112 Å². The van der Waals surface area contributed by atoms with E-state index in [1.165, 1.54) is 0 Å². The highest BCUT2D eigenvalue weighted by Gasteiger charge is 2.25. The Morgan fingerprint density at radius 1 is 1.39 bits per heavy atom. The molecule has 3 heteroatoms. The molecule has 0 unspecified atom stereocenters. The van der Waals surface area contributed by atoms with E-state index in [1.807, 2.05) is 6.92 Å². The van der Waals surface area contributed by atoms with Gasteiger partial charge in [-0.05, 0) is 55.5 Å². The highest BCUT2D eigenvalue weighted by Crippen LogP contribution is 2.33. The first-order valence-corrected chi connectivity index (χ1v) is 6.43. The number of halogens is 1. The summed E-state index contributed by atoms with van der Waals surface area (Å²) in [5, 5.41) is 0.622. The third-order valence-corrected chi connectivity index (χ3v) is 3.78. The van der Waals surface area contributed by atoms with Crippen molar-refractivity contribution in [3.8, 4) is 0 Å². The number of carbonyl (C=O) groups is 2. The molecule has 2 rings (SSSR count). The van der Waals surface area contributed by atoms with Gasteiger partial charge in [-0.15, -0.1) is 0 Å². The second-order valence-corrected chi connectivity index (χ2v) is 5.16. The lowest BCUT2D eigenvalue weighted by Gasteiger charge is -2.10. The molecule has 0 heterocycles. The molecule has 1 aromatic carbocycles. The van der Waals surface area contributed by atoms with Gasteiger partial charge in [0.2, 0.25) is 0 Å². The van der Waals surface area contributed by atoms with Crippen LogP contribution in [0.25, 0.3) is 0 Å². The second kappa shape index (κ2) is 5.49. The van der Waals surface area contributed by atoms with Gasteiger partial charge in [-0.2, -0.15) is 0 Å². The highest BCUT2D eigenvalue weighted by molar-refractivity contribution is 6.30. The van der Waals surface area contributed by atoms with Crippen LogP contribution in [0.5, 0.6) is 0 Å². The molecule has 0 saturated heterocycles. The van der Waals surface area contributed by atoms with E-state index in [-0.39, 0.29) is 11.7 Å². The zero-order valence-electron chi connectivity index (χ0n) is 10.3. The molecule has 2 nitrogen and oxygen atoms in total. The van der Waals surface area contributed by atoms with E-state index in [4.69, 9.17) is 11.6 Å². The van der Waals surface area contributed by atoms with Crippen molar-refractivity contribution in [2.24, 2.45) is 5.92 Å². The molecule has 0 bridgehead atoms. The van der Waals surface area contributed by atoms with Crippen LogP contribution in [0.1, 0.15) is 36.5 Å². The molecule has 0 amide bonds. The van der Waals surface area contributed by atoms with Crippen molar-refractivity contribution in [2.75, 3.05) is 0 Å². The maximum absolute atomic E-state index is 12.1. The van der Waals surface area contributed by atoms with Gasteiger partial charge in [0.05, 0.1) is 0 Å². The topological polar surface area (TPSA) is 34.1 Å². The minimum atomic E-state index is 0.0747. The lowest BCUT2D eigenvalue weighted by Crippen LogP contribution is -2.09. The summed E-state index contributed by atoms with van der Waals surface area (Å²) in [6, 6.07) is 6.89. The molecule has 0 radical (unpaired) electrons. The number of hydrogen-bond acceptors (Lipinski definition) is 2. The Morgan fingerprint density at radius 2 is 2.06 bits per heavy atom. The summed E-state index contributed by atoms with van der Waals surface area (Å²) >= 11 is 5.79. The molecule has 94 valence electrons. The number of carbonyl (C=O) groups excluding carboxylic acids is 2. The summed E-state index contributed by atoms with van der Waals surface area (Å²) in [4.78, 5) is 23.1. The largest absolute Gasteiger partial charge is 0.298 e. The molecule has 0 saturated carbocycles. The fourth-order valence-electron chi connectivity index (χ4n) is 2.43. The Hall–Kier alpha value is -1.41. The second-order valence-electron chi connectivity index (χ2n) is 4.72. The lowest BCUT2D eigenvalue weighted by atomic mass is 9.93. The van der Waals surface area contributed by atoms with Crippen LogP contribution >= 0.6 is 11.6 Å². The molecule has 18 heavy (non-hydrogen) atoms. The van der Waals surface area contributed by atoms with Gasteiger partial charge in [0.15, 0.2) is 5.78 Å². The Bertz CT molecular complexity index is 500. The smallest absolute Gasteiger partial charge is 0.163 e. The number of Topliss-reactive ketones (excluding diaryl/α,β-unsaturated/α-hetero) is 1. The van der Waals surface area contributed by atoms with Gasteiger partial charge in [-0.25, -0.2) is 0 Å². The highest BCUT2D eigenvalue weighted by atomic mass is 35.5. The summed E-state index contributed by atoms with van der Waals surface area (Å²) in [5.41, 5.74) is 2.60. The van der Waals surface area contributed by atoms with Crippen molar-refractivity contribution >= 4 is 23.7 Å². The van der Waals surface area contributed by atoms with E-state index in [9.17, 15) is 9.59 Å². The monoisotopic (exact) mass is 262 g/mol. The van der Waals surface area contributed by atoms with Crippen LogP contribution < -0.4 is 0 Å². The Morgan fingerprint density at radius 3 is 2.67 bits per heavy atom. The van der Waals surface area contributed by atoms with Crippen LogP contribution in [-0.4, -0.2) is 12.1 Å². The van der Waals surface area contributed by atoms with Crippen molar-refractivity contribution in [1.82, 2.24) is 0 Å². The standard InChI is InChI=1S/C15H15ClO2/c1-10-2-3-12(14(10)9-17)8-15(18)11-4-6-13(16)7-5-11/h4-7,9,12H,2-3,8H2,1H3/t12-/m1/s1. The fraction of sp³-hybridized carbons (Fsp3) is 0.333. The number of allylic oxidation sites excluding steroid dienone is 2. The van der Waals surface area contributed by atoms with E-state index in [2.05, 4.69) is 0 Å². The van der Waals surface area contributed by atoms with Gasteiger partial charge in [0, 0.05) is 17.0 Å². The molecular weight excluding hydrogens is 248 g/mol. The van der Waals surface area contributed by atoms with Gasteiger partial charge in [0.25, 0.3) is 0 Å². The predicted molar refractivity (Wildman–Crippen MR) is 71.9 cm³/mol. The molecule has 0 fully saturated rings. The Balaban J connectivity index is 2.09. The minimum Gasteiger partial charge on any atom is -0.298 e. The first kappa shape index (κ1) is 13.0. The number of hydrogen-bond donors (Lipinski definition) is 0. The van der Waals surface area contributed by atoms with Crippen molar-refractivity contribution in [3.63, 3.8) is 0 Å². The molecule has 1 aliphatic rings. The average molecular weight is 263 g/mol. The van der Waals surface area contributed by atoms with Crippen LogP contribution in [-0.2, 0) is 4.79 Å². The molecule has 1 aromatic rings. The first-order valence-electron chi connectivity index (χ1n) is 6.05. The molecule has 1 aliphatic carbocycles. The summed E-state index contributed by atoms with van der Waals surface area (Å²) in [5.74, 6) is 0.163. The van der Waals surface area contributed by atoms with Crippen LogP contribution in [0.4, 0.5) is 0 Å². The van der Waals surface area contributed by atoms with Crippen LogP contribution in [0.2, 0.25) is 5.02 Å². The average Bonchev–Trinajstić information content (AvgIpc) is 2.70. The summed E-state index contributed by atoms with van der Waals surface area (Å²) in [7, 11) is 0. The maximum Gasteiger partial charge on any atom is 0.163 e. The fourth-order valence-corrected chi connectivity index (χ4v) is 2.55. The van der Waals surface area contributed by atoms with Crippen molar-refractivity contribution in [3.05, 3.63) is 46.0 Å². The SMILES string of the molecule is CC1=C(C=O)[C@@H](CC(=O)c2ccc(Cl)cc2)CC1. The predicted octanol–water partition coefficient (Wildman–Crippen LogP) is 3.84. The molecule has 0 spiro atoms. The summed E-state index contributed by atoms with van der Waals surface area (Å²) in [6.45, 7) is 1.97. The molecule has 0 N–H and O–H groups in total. The molecular formula is C15H15ClO2. The van der Waals surface area contributed by atoms with Crippen LogP contribution in [0.3, 0.4) is 0 Å². The quantitative estimate of drug-likeness (QED) is 0.610. The van der Waals surface area contributed by atoms with Crippen molar-refractivity contribution < 1.29 is 9.59 Å². The van der Waals surface area contributed by atoms with Gasteiger partial charge < -0.3 is 0 Å². The van der Waals surface area contributed by atoms with E-state index in [0.717, 1.165) is 30.3 Å². The lowest BCUT2D eigenvalue weighted by molar-refractivity contribution is -0.105. The van der Waals surface area contributed by atoms with Crippen molar-refractivity contribution in [1.29, 1.82) is 0 Å². The zero-order chi connectivity index (χ0) is 13.1. The van der Waals surface area contributed by atoms with E-state index >= 15 is 0 Å². The zero-order valence-corrected chi connectivity index (χ0v) is 11.0. The number of rotatable bonds is 4. The third-order valence-electron chi connectivity index (χ3n) is 3.53. The minimum absolute atomic E-state index is 0.0747. The first-order chi connectivity index (χ1) is 8.61. The summed E-state index contributed by atoms with van der Waals surface area (Å²) < 4.78 is 0. The van der Waals surface area contributed by atoms with Crippen LogP contribution in [0.15, 0.2) is 35.4 Å². The van der Waals surface area contributed by atoms with Gasteiger partial charge >= 0.3 is 0 Å². The van der Waals surface area contributed by atoms with Crippen molar-refractivity contribution in [2.45, 2.75) is 26.2 Å². The summed E-state index contributed by atoms with van der Waals surface area (Å²) in [6.07, 6.45) is 3.14. The van der Waals surface area contributed by atoms with Crippen LogP contribution in [0, 0.1) is 5.92 Å². The van der Waals surface area contributed by atoms with E-state index in [1.54, 1.807) is 24.3 Å². The van der Waals surface area contributed by atoms with E-state index < -0.39 is 0 Å². The number of ketones is 1. The van der Waals surface area contributed by atoms with Gasteiger partial charge in [0.1, 0.15) is 6.29 Å². The molecule has 0 aliphatic heterocycles. The Kier molecular flexibility index (Phi) is 3.97. The van der Waals surface area contributed by atoms with Gasteiger partial charge in [-0.1, -0.05) is 17.2 Å². The normalized spacial score (nSPS) is 19.1. The maximum atomic E-state index is 12.1. The number of aldehydes is 1. The van der Waals surface area contributed by atoms with Gasteiger partial charge in [-0.3, -0.25) is 9.59 Å². The third kappa shape index (κ3) is 2.70. The molecule has 1 atom stereocenters.